The van der Waals surface area contributed by atoms with E-state index in [0.29, 0.717) is 29.7 Å². The minimum atomic E-state index is -3.01. The zero-order valence-corrected chi connectivity index (χ0v) is 16.7. The lowest BCUT2D eigenvalue weighted by atomic mass is 10.1. The number of pyridine rings is 1. The van der Waals surface area contributed by atoms with Gasteiger partial charge in [-0.25, -0.2) is 12.8 Å². The normalized spacial score (nSPS) is 18.5. The van der Waals surface area contributed by atoms with Gasteiger partial charge in [-0.2, -0.15) is 0 Å². The van der Waals surface area contributed by atoms with E-state index in [1.165, 1.54) is 23.9 Å². The zero-order chi connectivity index (χ0) is 19.7. The molecule has 0 saturated carbocycles. The van der Waals surface area contributed by atoms with Gasteiger partial charge in [-0.15, -0.1) is 16.8 Å². The van der Waals surface area contributed by atoms with Crippen LogP contribution in [-0.2, 0) is 22.1 Å². The van der Waals surface area contributed by atoms with Crippen LogP contribution in [0.3, 0.4) is 0 Å². The topological polar surface area (TPSA) is 77.7 Å². The summed E-state index contributed by atoms with van der Waals surface area (Å²) in [5.41, 5.74) is 1.53. The average Bonchev–Trinajstić information content (AvgIpc) is 3.22. The first-order valence-electron chi connectivity index (χ1n) is 8.87. The van der Waals surface area contributed by atoms with Crippen molar-refractivity contribution in [3.05, 3.63) is 60.3 Å². The lowest BCUT2D eigenvalue weighted by molar-refractivity contribution is 0.597. The van der Waals surface area contributed by atoms with Crippen LogP contribution in [0.4, 0.5) is 4.39 Å². The van der Waals surface area contributed by atoms with Crippen molar-refractivity contribution in [1.82, 2.24) is 19.7 Å². The van der Waals surface area contributed by atoms with Crippen LogP contribution in [0.1, 0.15) is 23.7 Å². The first-order valence-corrected chi connectivity index (χ1v) is 11.7. The fourth-order valence-corrected chi connectivity index (χ4v) is 6.15. The van der Waals surface area contributed by atoms with Gasteiger partial charge in [0, 0.05) is 29.8 Å². The molecular formula is C19H19FN4O2S2. The molecule has 1 fully saturated rings. The number of thioether (sulfide) groups is 1. The van der Waals surface area contributed by atoms with Gasteiger partial charge in [-0.05, 0) is 30.2 Å². The predicted octanol–water partition coefficient (Wildman–Crippen LogP) is 3.35. The molecule has 0 amide bonds. The molecule has 1 aliphatic rings. The molecule has 0 unspecified atom stereocenters. The second kappa shape index (κ2) is 7.63. The maximum absolute atomic E-state index is 14.0. The fraction of sp³-hybridized carbons (Fsp3) is 0.316. The van der Waals surface area contributed by atoms with Crippen molar-refractivity contribution in [2.45, 2.75) is 29.8 Å². The van der Waals surface area contributed by atoms with Gasteiger partial charge in [-0.3, -0.25) is 4.98 Å². The molecule has 1 saturated heterocycles. The lowest BCUT2D eigenvalue weighted by Gasteiger charge is -2.11. The van der Waals surface area contributed by atoms with Crippen molar-refractivity contribution in [3.63, 3.8) is 0 Å². The third-order valence-electron chi connectivity index (χ3n) is 4.76. The molecule has 146 valence electrons. The third-order valence-corrected chi connectivity index (χ3v) is 7.54. The van der Waals surface area contributed by atoms with Gasteiger partial charge in [0.05, 0.1) is 17.0 Å². The third kappa shape index (κ3) is 3.81. The van der Waals surface area contributed by atoms with Crippen LogP contribution in [0, 0.1) is 5.82 Å². The molecule has 0 spiro atoms. The van der Waals surface area contributed by atoms with Crippen LogP contribution in [0.2, 0.25) is 0 Å². The molecule has 0 radical (unpaired) electrons. The first kappa shape index (κ1) is 19.1. The Kier molecular flexibility index (Phi) is 5.20. The number of aromatic nitrogens is 4. The SMILES string of the molecule is C=CCn1c(SCc2cc(F)cc3cccnc23)nnc1[C@@H]1CCS(=O)(=O)C1. The monoisotopic (exact) mass is 418 g/mol. The number of nitrogens with zero attached hydrogens (tertiary/aromatic N) is 4. The van der Waals surface area contributed by atoms with E-state index >= 15 is 0 Å². The summed E-state index contributed by atoms with van der Waals surface area (Å²) >= 11 is 1.43. The number of allylic oxidation sites excluding steroid dienone is 1. The molecule has 1 atom stereocenters. The minimum Gasteiger partial charge on any atom is -0.302 e. The Balaban J connectivity index is 1.62. The van der Waals surface area contributed by atoms with Crippen LogP contribution in [0.25, 0.3) is 10.9 Å². The summed E-state index contributed by atoms with van der Waals surface area (Å²) in [5, 5.41) is 9.94. The molecular weight excluding hydrogens is 399 g/mol. The Labute approximate surface area is 166 Å². The number of rotatable bonds is 6. The van der Waals surface area contributed by atoms with E-state index in [1.54, 1.807) is 18.3 Å². The lowest BCUT2D eigenvalue weighted by Crippen LogP contribution is -2.11. The van der Waals surface area contributed by atoms with Crippen molar-refractivity contribution >= 4 is 32.5 Å². The van der Waals surface area contributed by atoms with E-state index in [2.05, 4.69) is 21.8 Å². The number of halogens is 1. The van der Waals surface area contributed by atoms with E-state index in [9.17, 15) is 12.8 Å². The van der Waals surface area contributed by atoms with E-state index < -0.39 is 9.84 Å². The van der Waals surface area contributed by atoms with Crippen LogP contribution in [0.5, 0.6) is 0 Å². The van der Waals surface area contributed by atoms with Gasteiger partial charge in [0.15, 0.2) is 15.0 Å². The number of hydrogen-bond donors (Lipinski definition) is 0. The maximum Gasteiger partial charge on any atom is 0.191 e. The number of fused-ring (bicyclic) bond motifs is 1. The molecule has 0 aliphatic carbocycles. The molecule has 2 aromatic heterocycles. The van der Waals surface area contributed by atoms with Crippen molar-refractivity contribution in [1.29, 1.82) is 0 Å². The van der Waals surface area contributed by atoms with Crippen molar-refractivity contribution in [2.24, 2.45) is 0 Å². The van der Waals surface area contributed by atoms with Gasteiger partial charge in [0.1, 0.15) is 11.6 Å². The summed E-state index contributed by atoms with van der Waals surface area (Å²) in [6.07, 6.45) is 3.98. The van der Waals surface area contributed by atoms with Gasteiger partial charge in [0.25, 0.3) is 0 Å². The zero-order valence-electron chi connectivity index (χ0n) is 15.1. The van der Waals surface area contributed by atoms with Gasteiger partial charge < -0.3 is 4.57 Å². The Hall–Kier alpha value is -2.26. The molecule has 1 aromatic carbocycles. The number of benzene rings is 1. The van der Waals surface area contributed by atoms with E-state index in [4.69, 9.17) is 0 Å². The quantitative estimate of drug-likeness (QED) is 0.451. The minimum absolute atomic E-state index is 0.103. The highest BCUT2D eigenvalue weighted by molar-refractivity contribution is 7.98. The molecule has 3 aromatic rings. The standard InChI is InChI=1S/C19H19FN4O2S2/c1-2-7-24-18(14-5-8-28(25,26)12-14)22-23-19(24)27-11-15-10-16(20)9-13-4-3-6-21-17(13)15/h2-4,6,9-10,14H,1,5,7-8,11-12H2/t14-/m1/s1. The summed E-state index contributed by atoms with van der Waals surface area (Å²) < 4.78 is 39.5. The van der Waals surface area contributed by atoms with E-state index in [-0.39, 0.29) is 23.2 Å². The van der Waals surface area contributed by atoms with Gasteiger partial charge in [-0.1, -0.05) is 23.9 Å². The molecule has 9 heteroatoms. The van der Waals surface area contributed by atoms with Crippen molar-refractivity contribution in [2.75, 3.05) is 11.5 Å². The summed E-state index contributed by atoms with van der Waals surface area (Å²) in [7, 11) is -3.01. The second-order valence-electron chi connectivity index (χ2n) is 6.77. The molecule has 3 heterocycles. The summed E-state index contributed by atoms with van der Waals surface area (Å²) in [6.45, 7) is 4.27. The molecule has 0 N–H and O–H groups in total. The number of sulfone groups is 1. The van der Waals surface area contributed by atoms with Crippen molar-refractivity contribution < 1.29 is 12.8 Å². The molecule has 4 rings (SSSR count). The highest BCUT2D eigenvalue weighted by Crippen LogP contribution is 2.32. The highest BCUT2D eigenvalue weighted by atomic mass is 32.2. The Bertz CT molecular complexity index is 1140. The Morgan fingerprint density at radius 2 is 2.21 bits per heavy atom. The number of hydrogen-bond acceptors (Lipinski definition) is 6. The summed E-state index contributed by atoms with van der Waals surface area (Å²) in [4.78, 5) is 4.37. The van der Waals surface area contributed by atoms with Crippen LogP contribution >= 0.6 is 11.8 Å². The summed E-state index contributed by atoms with van der Waals surface area (Å²) in [6, 6.07) is 6.57. The fourth-order valence-electron chi connectivity index (χ4n) is 3.49. The van der Waals surface area contributed by atoms with E-state index in [0.717, 1.165) is 16.5 Å². The first-order chi connectivity index (χ1) is 13.5. The highest BCUT2D eigenvalue weighted by Gasteiger charge is 2.33. The van der Waals surface area contributed by atoms with Gasteiger partial charge in [0.2, 0.25) is 0 Å². The average molecular weight is 419 g/mol. The predicted molar refractivity (Wildman–Crippen MR) is 107 cm³/mol. The van der Waals surface area contributed by atoms with E-state index in [1.807, 2.05) is 10.6 Å². The van der Waals surface area contributed by atoms with Crippen LogP contribution < -0.4 is 0 Å². The summed E-state index contributed by atoms with van der Waals surface area (Å²) in [5.74, 6) is 0.978. The Morgan fingerprint density at radius 1 is 1.36 bits per heavy atom. The molecule has 0 bridgehead atoms. The largest absolute Gasteiger partial charge is 0.302 e. The molecule has 28 heavy (non-hydrogen) atoms. The van der Waals surface area contributed by atoms with Crippen molar-refractivity contribution in [3.8, 4) is 0 Å². The Morgan fingerprint density at radius 3 is 2.96 bits per heavy atom. The molecule has 6 nitrogen and oxygen atoms in total. The second-order valence-corrected chi connectivity index (χ2v) is 9.94. The van der Waals surface area contributed by atoms with Crippen LogP contribution in [-0.4, -0.2) is 39.7 Å². The van der Waals surface area contributed by atoms with Gasteiger partial charge >= 0.3 is 0 Å². The smallest absolute Gasteiger partial charge is 0.191 e. The molecule has 1 aliphatic heterocycles. The van der Waals surface area contributed by atoms with Crippen LogP contribution in [0.15, 0.2) is 48.3 Å². The maximum atomic E-state index is 14.0.